The van der Waals surface area contributed by atoms with Gasteiger partial charge in [0.2, 0.25) is 0 Å². The predicted octanol–water partition coefficient (Wildman–Crippen LogP) is 4.80. The maximum atomic E-state index is 12.8. The molecule has 0 saturated heterocycles. The Morgan fingerprint density at radius 1 is 0.571 bits per heavy atom. The Kier molecular flexibility index (Phi) is 16.3. The molecule has 0 heterocycles. The molecule has 13 nitrogen and oxygen atoms in total. The Labute approximate surface area is 286 Å². The Hall–Kier alpha value is -4.68. The van der Waals surface area contributed by atoms with Crippen LogP contribution in [-0.2, 0) is 47.7 Å². The van der Waals surface area contributed by atoms with Crippen molar-refractivity contribution in [3.63, 3.8) is 0 Å². The number of nitrogen functional groups attached to an aromatic ring is 1. The summed E-state index contributed by atoms with van der Waals surface area (Å²) in [6.07, 6.45) is 8.39. The summed E-state index contributed by atoms with van der Waals surface area (Å²) in [6, 6.07) is 4.42. The zero-order valence-electron chi connectivity index (χ0n) is 27.9. The molecule has 13 heteroatoms. The number of anilines is 1. The summed E-state index contributed by atoms with van der Waals surface area (Å²) in [7, 11) is 0. The van der Waals surface area contributed by atoms with Crippen molar-refractivity contribution < 1.29 is 57.2 Å². The van der Waals surface area contributed by atoms with Crippen LogP contribution in [0.3, 0.4) is 0 Å². The van der Waals surface area contributed by atoms with E-state index in [1.807, 2.05) is 0 Å². The fourth-order valence-electron chi connectivity index (χ4n) is 5.66. The van der Waals surface area contributed by atoms with Gasteiger partial charge in [-0.05, 0) is 89.2 Å². The molecule has 2 N–H and O–H groups in total. The van der Waals surface area contributed by atoms with Crippen molar-refractivity contribution in [3.05, 3.63) is 43.5 Å². The van der Waals surface area contributed by atoms with E-state index in [0.29, 0.717) is 77.0 Å². The summed E-state index contributed by atoms with van der Waals surface area (Å²) in [6.45, 7) is 7.59. The van der Waals surface area contributed by atoms with E-state index < -0.39 is 23.9 Å². The van der Waals surface area contributed by atoms with E-state index in [-0.39, 0.29) is 79.2 Å². The van der Waals surface area contributed by atoms with Crippen molar-refractivity contribution in [1.29, 1.82) is 0 Å². The number of benzene rings is 1. The number of unbranched alkanes of at least 4 members (excludes halogenated alkanes) is 2. The lowest BCUT2D eigenvalue weighted by Crippen LogP contribution is -2.30. The van der Waals surface area contributed by atoms with Gasteiger partial charge < -0.3 is 34.2 Å². The molecule has 0 amide bonds. The molecule has 0 aliphatic heterocycles. The fourth-order valence-corrected chi connectivity index (χ4v) is 5.66. The molecule has 0 radical (unpaired) electrons. The second-order valence-electron chi connectivity index (χ2n) is 12.1. The van der Waals surface area contributed by atoms with E-state index in [1.165, 1.54) is 18.2 Å². The van der Waals surface area contributed by atoms with E-state index in [1.54, 1.807) is 0 Å². The number of nitrogens with two attached hydrogens (primary N) is 1. The van der Waals surface area contributed by atoms with Crippen LogP contribution in [0, 0.1) is 23.7 Å². The number of ether oxygens (including phenoxy) is 6. The molecular formula is C36H47NO12. The average Bonchev–Trinajstić information content (AvgIpc) is 3.11. The summed E-state index contributed by atoms with van der Waals surface area (Å²) in [4.78, 5) is 72.5. The number of rotatable bonds is 18. The van der Waals surface area contributed by atoms with Crippen LogP contribution in [-0.4, -0.2) is 62.2 Å². The second kappa shape index (κ2) is 20.6. The Bertz CT molecular complexity index is 1330. The highest BCUT2D eigenvalue weighted by Gasteiger charge is 2.33. The first-order valence-corrected chi connectivity index (χ1v) is 16.9. The molecule has 3 rings (SSSR count). The lowest BCUT2D eigenvalue weighted by molar-refractivity contribution is -0.152. The van der Waals surface area contributed by atoms with Crippen LogP contribution < -0.4 is 15.2 Å². The molecule has 0 atom stereocenters. The maximum Gasteiger partial charge on any atom is 0.330 e. The third kappa shape index (κ3) is 13.4. The predicted molar refractivity (Wildman–Crippen MR) is 176 cm³/mol. The fraction of sp³-hybridized carbons (Fsp3) is 0.556. The van der Waals surface area contributed by atoms with Crippen molar-refractivity contribution in [3.8, 4) is 11.5 Å². The molecule has 49 heavy (non-hydrogen) atoms. The van der Waals surface area contributed by atoms with Gasteiger partial charge in [0.1, 0.15) is 5.75 Å². The SMILES string of the molecule is C=CC(=O)OCCCCOC(=O)C1CCC(C(=O)Oc2ccc(OC(=O)C3CCC(C(=O)OCCCCOC(=O)C=C)CC3)c(N)c2)CC1. The zero-order valence-corrected chi connectivity index (χ0v) is 27.9. The van der Waals surface area contributed by atoms with Crippen LogP contribution in [0.25, 0.3) is 0 Å². The average molecular weight is 686 g/mol. The third-order valence-electron chi connectivity index (χ3n) is 8.59. The van der Waals surface area contributed by atoms with Crippen molar-refractivity contribution in [2.75, 3.05) is 32.2 Å². The van der Waals surface area contributed by atoms with E-state index in [0.717, 1.165) is 12.2 Å². The first-order valence-electron chi connectivity index (χ1n) is 16.9. The van der Waals surface area contributed by atoms with E-state index in [2.05, 4.69) is 13.2 Å². The first-order chi connectivity index (χ1) is 23.6. The summed E-state index contributed by atoms with van der Waals surface area (Å²) in [5, 5.41) is 0. The largest absolute Gasteiger partial charge is 0.465 e. The minimum atomic E-state index is -0.488. The minimum Gasteiger partial charge on any atom is -0.465 e. The van der Waals surface area contributed by atoms with Gasteiger partial charge in [0.25, 0.3) is 0 Å². The highest BCUT2D eigenvalue weighted by atomic mass is 16.6. The zero-order chi connectivity index (χ0) is 35.6. The molecule has 2 saturated carbocycles. The van der Waals surface area contributed by atoms with E-state index >= 15 is 0 Å². The van der Waals surface area contributed by atoms with Crippen LogP contribution in [0.4, 0.5) is 5.69 Å². The number of carbonyl (C=O) groups excluding carboxylic acids is 6. The molecule has 2 fully saturated rings. The molecule has 2 aliphatic carbocycles. The van der Waals surface area contributed by atoms with Crippen molar-refractivity contribution in [1.82, 2.24) is 0 Å². The van der Waals surface area contributed by atoms with Crippen molar-refractivity contribution in [2.24, 2.45) is 23.7 Å². The molecule has 2 aliphatic rings. The Morgan fingerprint density at radius 2 is 0.939 bits per heavy atom. The van der Waals surface area contributed by atoms with Crippen LogP contribution in [0.2, 0.25) is 0 Å². The van der Waals surface area contributed by atoms with Crippen LogP contribution >= 0.6 is 0 Å². The lowest BCUT2D eigenvalue weighted by atomic mass is 9.82. The quantitative estimate of drug-likeness (QED) is 0.0556. The summed E-state index contributed by atoms with van der Waals surface area (Å²) < 4.78 is 31.5. The third-order valence-corrected chi connectivity index (χ3v) is 8.59. The van der Waals surface area contributed by atoms with E-state index in [4.69, 9.17) is 34.2 Å². The molecule has 0 aromatic heterocycles. The Morgan fingerprint density at radius 3 is 1.33 bits per heavy atom. The maximum absolute atomic E-state index is 12.8. The van der Waals surface area contributed by atoms with Gasteiger partial charge in [0.15, 0.2) is 5.75 Å². The smallest absolute Gasteiger partial charge is 0.330 e. The van der Waals surface area contributed by atoms with Gasteiger partial charge in [-0.1, -0.05) is 13.2 Å². The molecule has 1 aromatic rings. The monoisotopic (exact) mass is 685 g/mol. The summed E-state index contributed by atoms with van der Waals surface area (Å²) >= 11 is 0. The van der Waals surface area contributed by atoms with Crippen molar-refractivity contribution in [2.45, 2.75) is 77.0 Å². The topological polar surface area (TPSA) is 184 Å². The van der Waals surface area contributed by atoms with E-state index in [9.17, 15) is 28.8 Å². The molecule has 0 unspecified atom stereocenters. The molecular weight excluding hydrogens is 638 g/mol. The van der Waals surface area contributed by atoms with Gasteiger partial charge in [-0.3, -0.25) is 19.2 Å². The highest BCUT2D eigenvalue weighted by molar-refractivity contribution is 5.82. The number of hydrogen-bond acceptors (Lipinski definition) is 13. The minimum absolute atomic E-state index is 0.139. The number of esters is 6. The van der Waals surface area contributed by atoms with Crippen molar-refractivity contribution >= 4 is 41.5 Å². The van der Waals surface area contributed by atoms with Gasteiger partial charge in [0.05, 0.1) is 55.8 Å². The summed E-state index contributed by atoms with van der Waals surface area (Å²) in [5.41, 5.74) is 6.26. The molecule has 1 aromatic carbocycles. The van der Waals surface area contributed by atoms with Crippen LogP contribution in [0.5, 0.6) is 11.5 Å². The number of hydrogen-bond donors (Lipinski definition) is 1. The summed E-state index contributed by atoms with van der Waals surface area (Å²) in [5.74, 6) is -3.38. The van der Waals surface area contributed by atoms with Gasteiger partial charge in [-0.2, -0.15) is 0 Å². The number of carbonyl (C=O) groups is 6. The molecule has 0 bridgehead atoms. The standard InChI is InChI=1S/C36H47NO12/c1-3-31(38)44-19-5-7-21-46-33(40)24-9-13-26(14-10-24)35(42)48-28-17-18-30(29(37)23-28)49-36(43)27-15-11-25(12-16-27)34(41)47-22-8-6-20-45-32(39)4-2/h3-4,17-18,23-27H,1-2,5-16,19-22,37H2. The van der Waals surface area contributed by atoms with Gasteiger partial charge in [-0.25, -0.2) is 9.59 Å². The van der Waals surface area contributed by atoms with Gasteiger partial charge in [0, 0.05) is 18.2 Å². The van der Waals surface area contributed by atoms with Gasteiger partial charge in [-0.15, -0.1) is 0 Å². The molecule has 0 spiro atoms. The highest BCUT2D eigenvalue weighted by Crippen LogP contribution is 2.34. The normalized spacial score (nSPS) is 20.2. The molecule has 268 valence electrons. The lowest BCUT2D eigenvalue weighted by Gasteiger charge is -2.26. The van der Waals surface area contributed by atoms with Crippen LogP contribution in [0.1, 0.15) is 77.0 Å². The van der Waals surface area contributed by atoms with Gasteiger partial charge >= 0.3 is 35.8 Å². The second-order valence-corrected chi connectivity index (χ2v) is 12.1. The van der Waals surface area contributed by atoms with Crippen LogP contribution in [0.15, 0.2) is 43.5 Å². The Balaban J connectivity index is 1.32. The first kappa shape index (κ1) is 38.8.